The highest BCUT2D eigenvalue weighted by atomic mass is 15.1. The number of anilines is 1. The van der Waals surface area contributed by atoms with Crippen LogP contribution in [-0.4, -0.2) is 30.6 Å². The lowest BCUT2D eigenvalue weighted by Gasteiger charge is -2.32. The fourth-order valence-electron chi connectivity index (χ4n) is 2.70. The molecular formula is C15H22N2. The third kappa shape index (κ3) is 3.22. The molecule has 0 bridgehead atoms. The Morgan fingerprint density at radius 2 is 1.71 bits per heavy atom. The molecule has 1 saturated carbocycles. The molecule has 1 heterocycles. The maximum absolute atomic E-state index is 3.64. The average Bonchev–Trinajstić information content (AvgIpc) is 3.17. The lowest BCUT2D eigenvalue weighted by atomic mass is 10.0. The van der Waals surface area contributed by atoms with Crippen molar-refractivity contribution in [3.63, 3.8) is 0 Å². The van der Waals surface area contributed by atoms with Crippen molar-refractivity contribution in [2.45, 2.75) is 31.7 Å². The number of hydrogen-bond donors (Lipinski definition) is 1. The van der Waals surface area contributed by atoms with Gasteiger partial charge in [-0.1, -0.05) is 18.2 Å². The molecule has 0 spiro atoms. The van der Waals surface area contributed by atoms with E-state index in [1.807, 2.05) is 0 Å². The van der Waals surface area contributed by atoms with Crippen LogP contribution in [0.4, 0.5) is 5.69 Å². The molecule has 1 saturated heterocycles. The predicted molar refractivity (Wildman–Crippen MR) is 72.3 cm³/mol. The second kappa shape index (κ2) is 5.09. The van der Waals surface area contributed by atoms with Gasteiger partial charge in [0.2, 0.25) is 0 Å². The van der Waals surface area contributed by atoms with Crippen LogP contribution in [-0.2, 0) is 0 Å². The minimum atomic E-state index is 0.674. The second-order valence-corrected chi connectivity index (χ2v) is 5.53. The lowest BCUT2D eigenvalue weighted by molar-refractivity contribution is 0.211. The van der Waals surface area contributed by atoms with E-state index in [1.54, 1.807) is 0 Å². The summed E-state index contributed by atoms with van der Waals surface area (Å²) in [5, 5.41) is 3.64. The number of hydrogen-bond acceptors (Lipinski definition) is 2. The van der Waals surface area contributed by atoms with Crippen molar-refractivity contribution in [1.29, 1.82) is 0 Å². The van der Waals surface area contributed by atoms with Crippen LogP contribution in [0.3, 0.4) is 0 Å². The summed E-state index contributed by atoms with van der Waals surface area (Å²) in [6.07, 6.45) is 5.54. The summed E-state index contributed by atoms with van der Waals surface area (Å²) >= 11 is 0. The molecule has 1 N–H and O–H groups in total. The summed E-state index contributed by atoms with van der Waals surface area (Å²) in [6, 6.07) is 11.3. The number of benzene rings is 1. The van der Waals surface area contributed by atoms with Crippen LogP contribution < -0.4 is 5.32 Å². The molecule has 0 amide bonds. The van der Waals surface area contributed by atoms with Gasteiger partial charge in [0.25, 0.3) is 0 Å². The summed E-state index contributed by atoms with van der Waals surface area (Å²) in [6.45, 7) is 3.92. The average molecular weight is 230 g/mol. The van der Waals surface area contributed by atoms with Crippen molar-refractivity contribution in [2.24, 2.45) is 5.92 Å². The summed E-state index contributed by atoms with van der Waals surface area (Å²) in [5.41, 5.74) is 1.27. The van der Waals surface area contributed by atoms with E-state index >= 15 is 0 Å². The van der Waals surface area contributed by atoms with E-state index < -0.39 is 0 Å². The van der Waals surface area contributed by atoms with Crippen LogP contribution in [0.25, 0.3) is 0 Å². The van der Waals surface area contributed by atoms with Gasteiger partial charge in [0.05, 0.1) is 0 Å². The van der Waals surface area contributed by atoms with E-state index in [1.165, 1.54) is 51.0 Å². The zero-order valence-corrected chi connectivity index (χ0v) is 10.4. The Kier molecular flexibility index (Phi) is 3.32. The van der Waals surface area contributed by atoms with Crippen molar-refractivity contribution in [1.82, 2.24) is 4.90 Å². The molecule has 3 rings (SSSR count). The molecule has 2 nitrogen and oxygen atoms in total. The third-order valence-corrected chi connectivity index (χ3v) is 3.95. The van der Waals surface area contributed by atoms with Crippen LogP contribution in [0.15, 0.2) is 30.3 Å². The molecule has 2 fully saturated rings. The van der Waals surface area contributed by atoms with Gasteiger partial charge in [-0.05, 0) is 43.7 Å². The molecule has 1 aromatic carbocycles. The van der Waals surface area contributed by atoms with E-state index in [4.69, 9.17) is 0 Å². The largest absolute Gasteiger partial charge is 0.382 e. The van der Waals surface area contributed by atoms with Crippen molar-refractivity contribution < 1.29 is 0 Å². The van der Waals surface area contributed by atoms with E-state index in [2.05, 4.69) is 40.5 Å². The van der Waals surface area contributed by atoms with Crippen molar-refractivity contribution in [3.8, 4) is 0 Å². The topological polar surface area (TPSA) is 15.3 Å². The van der Waals surface area contributed by atoms with E-state index in [0.29, 0.717) is 6.04 Å². The molecule has 92 valence electrons. The highest BCUT2D eigenvalue weighted by molar-refractivity contribution is 5.43. The zero-order valence-electron chi connectivity index (χ0n) is 10.4. The fourth-order valence-corrected chi connectivity index (χ4v) is 2.70. The van der Waals surface area contributed by atoms with Crippen LogP contribution in [0, 0.1) is 5.92 Å². The Balaban J connectivity index is 1.44. The summed E-state index contributed by atoms with van der Waals surface area (Å²) < 4.78 is 0. The molecule has 0 unspecified atom stereocenters. The van der Waals surface area contributed by atoms with Crippen molar-refractivity contribution in [3.05, 3.63) is 30.3 Å². The van der Waals surface area contributed by atoms with E-state index in [-0.39, 0.29) is 0 Å². The van der Waals surface area contributed by atoms with Gasteiger partial charge in [0.15, 0.2) is 0 Å². The second-order valence-electron chi connectivity index (χ2n) is 5.53. The van der Waals surface area contributed by atoms with Gasteiger partial charge in [0, 0.05) is 31.4 Å². The third-order valence-electron chi connectivity index (χ3n) is 3.95. The predicted octanol–water partition coefficient (Wildman–Crippen LogP) is 2.97. The normalized spacial score (nSPS) is 22.6. The molecule has 2 aliphatic rings. The molecule has 0 atom stereocenters. The standard InChI is InChI=1S/C15H22N2/c1-2-4-14(5-3-1)16-15-8-10-17(11-9-15)12-13-6-7-13/h1-5,13,15-16H,6-12H2. The number of piperidine rings is 1. The van der Waals surface area contributed by atoms with E-state index in [0.717, 1.165) is 5.92 Å². The summed E-state index contributed by atoms with van der Waals surface area (Å²) in [7, 11) is 0. The van der Waals surface area contributed by atoms with Crippen LogP contribution in [0.2, 0.25) is 0 Å². The molecule has 1 aliphatic carbocycles. The highest BCUT2D eigenvalue weighted by Crippen LogP contribution is 2.30. The number of nitrogens with zero attached hydrogens (tertiary/aromatic N) is 1. The lowest BCUT2D eigenvalue weighted by Crippen LogP contribution is -2.39. The van der Waals surface area contributed by atoms with Crippen LogP contribution in [0.1, 0.15) is 25.7 Å². The van der Waals surface area contributed by atoms with Gasteiger partial charge in [-0.15, -0.1) is 0 Å². The number of rotatable bonds is 4. The monoisotopic (exact) mass is 230 g/mol. The fraction of sp³-hybridized carbons (Fsp3) is 0.600. The Morgan fingerprint density at radius 1 is 1.00 bits per heavy atom. The maximum Gasteiger partial charge on any atom is 0.0342 e. The first-order valence-electron chi connectivity index (χ1n) is 6.94. The van der Waals surface area contributed by atoms with E-state index in [9.17, 15) is 0 Å². The quantitative estimate of drug-likeness (QED) is 0.855. The van der Waals surface area contributed by atoms with Crippen molar-refractivity contribution in [2.75, 3.05) is 25.0 Å². The smallest absolute Gasteiger partial charge is 0.0342 e. The van der Waals surface area contributed by atoms with Crippen molar-refractivity contribution >= 4 is 5.69 Å². The molecule has 0 aromatic heterocycles. The van der Waals surface area contributed by atoms with Gasteiger partial charge >= 0.3 is 0 Å². The zero-order chi connectivity index (χ0) is 11.5. The van der Waals surface area contributed by atoms with Crippen LogP contribution in [0.5, 0.6) is 0 Å². The molecule has 0 radical (unpaired) electrons. The Morgan fingerprint density at radius 3 is 2.35 bits per heavy atom. The Labute approximate surface area is 104 Å². The maximum atomic E-state index is 3.64. The minimum Gasteiger partial charge on any atom is -0.382 e. The molecule has 1 aromatic rings. The number of para-hydroxylation sites is 1. The highest BCUT2D eigenvalue weighted by Gasteiger charge is 2.26. The molecule has 1 aliphatic heterocycles. The van der Waals surface area contributed by atoms with Gasteiger partial charge in [-0.2, -0.15) is 0 Å². The summed E-state index contributed by atoms with van der Waals surface area (Å²) in [4.78, 5) is 2.65. The summed E-state index contributed by atoms with van der Waals surface area (Å²) in [5.74, 6) is 1.04. The Bertz CT molecular complexity index is 337. The molecular weight excluding hydrogens is 208 g/mol. The first-order chi connectivity index (χ1) is 8.40. The van der Waals surface area contributed by atoms with Gasteiger partial charge < -0.3 is 10.2 Å². The van der Waals surface area contributed by atoms with Gasteiger partial charge in [-0.25, -0.2) is 0 Å². The van der Waals surface area contributed by atoms with Gasteiger partial charge in [0.1, 0.15) is 0 Å². The Hall–Kier alpha value is -1.02. The molecule has 17 heavy (non-hydrogen) atoms. The first kappa shape index (κ1) is 11.1. The molecule has 2 heteroatoms. The number of nitrogens with one attached hydrogen (secondary N) is 1. The van der Waals surface area contributed by atoms with Gasteiger partial charge in [-0.3, -0.25) is 0 Å². The minimum absolute atomic E-state index is 0.674. The van der Waals surface area contributed by atoms with Crippen LogP contribution >= 0.6 is 0 Å². The SMILES string of the molecule is c1ccc(NC2CCN(CC3CC3)CC2)cc1. The first-order valence-corrected chi connectivity index (χ1v) is 6.94. The number of likely N-dealkylation sites (tertiary alicyclic amines) is 1.